The summed E-state index contributed by atoms with van der Waals surface area (Å²) in [7, 11) is 0. The van der Waals surface area contributed by atoms with E-state index in [0.29, 0.717) is 5.89 Å². The molecule has 0 amide bonds. The molecule has 1 saturated heterocycles. The van der Waals surface area contributed by atoms with E-state index < -0.39 is 0 Å². The molecule has 4 nitrogen and oxygen atoms in total. The number of aromatic nitrogens is 1. The van der Waals surface area contributed by atoms with Crippen molar-refractivity contribution in [1.82, 2.24) is 4.98 Å². The number of hydrogen-bond donors (Lipinski definition) is 0. The van der Waals surface area contributed by atoms with E-state index in [2.05, 4.69) is 22.0 Å². The summed E-state index contributed by atoms with van der Waals surface area (Å²) >= 11 is 0. The number of nitrogens with zero attached hydrogens (tertiary/aromatic N) is 2. The van der Waals surface area contributed by atoms with Gasteiger partial charge in [0.15, 0.2) is 0 Å². The van der Waals surface area contributed by atoms with E-state index in [4.69, 9.17) is 9.15 Å². The van der Waals surface area contributed by atoms with E-state index in [9.17, 15) is 4.39 Å². The molecule has 4 rings (SSSR count). The Morgan fingerprint density at radius 1 is 0.875 bits per heavy atom. The summed E-state index contributed by atoms with van der Waals surface area (Å²) in [6.45, 7) is 3.37. The molecular formula is C19H17FN2O2. The predicted octanol–water partition coefficient (Wildman–Crippen LogP) is 3.98. The summed E-state index contributed by atoms with van der Waals surface area (Å²) in [4.78, 5) is 6.81. The molecule has 5 heteroatoms. The summed E-state index contributed by atoms with van der Waals surface area (Å²) in [5.41, 5.74) is 3.70. The molecule has 1 fully saturated rings. The third-order valence-corrected chi connectivity index (χ3v) is 4.13. The van der Waals surface area contributed by atoms with Crippen molar-refractivity contribution in [2.75, 3.05) is 31.2 Å². The van der Waals surface area contributed by atoms with Crippen LogP contribution < -0.4 is 4.90 Å². The van der Waals surface area contributed by atoms with Crippen LogP contribution in [0.15, 0.2) is 59.2 Å². The number of ether oxygens (including phenoxy) is 1. The van der Waals surface area contributed by atoms with Crippen LogP contribution >= 0.6 is 0 Å². The van der Waals surface area contributed by atoms with Crippen LogP contribution in [0.4, 0.5) is 10.1 Å². The lowest BCUT2D eigenvalue weighted by Gasteiger charge is -2.28. The van der Waals surface area contributed by atoms with Crippen molar-refractivity contribution in [1.29, 1.82) is 0 Å². The Balaban J connectivity index is 1.54. The van der Waals surface area contributed by atoms with Gasteiger partial charge in [0.2, 0.25) is 5.89 Å². The van der Waals surface area contributed by atoms with Gasteiger partial charge in [0.25, 0.3) is 0 Å². The van der Waals surface area contributed by atoms with Crippen LogP contribution in [0.5, 0.6) is 0 Å². The summed E-state index contributed by atoms with van der Waals surface area (Å²) in [6.07, 6.45) is 1.63. The quantitative estimate of drug-likeness (QED) is 0.730. The Hall–Kier alpha value is -2.66. The summed E-state index contributed by atoms with van der Waals surface area (Å²) in [5.74, 6) is 0.214. The fourth-order valence-corrected chi connectivity index (χ4v) is 2.80. The van der Waals surface area contributed by atoms with Crippen LogP contribution in [-0.4, -0.2) is 31.3 Å². The second-order valence-corrected chi connectivity index (χ2v) is 5.69. The molecule has 0 aliphatic carbocycles. The molecular weight excluding hydrogens is 307 g/mol. The molecule has 2 heterocycles. The van der Waals surface area contributed by atoms with Crippen molar-refractivity contribution in [2.45, 2.75) is 0 Å². The van der Waals surface area contributed by atoms with Crippen LogP contribution in [0.25, 0.3) is 22.7 Å². The lowest BCUT2D eigenvalue weighted by molar-refractivity contribution is 0.122. The predicted molar refractivity (Wildman–Crippen MR) is 90.4 cm³/mol. The van der Waals surface area contributed by atoms with Gasteiger partial charge in [-0.3, -0.25) is 0 Å². The Bertz CT molecular complexity index is 806. The molecule has 122 valence electrons. The maximum absolute atomic E-state index is 13.0. The number of rotatable bonds is 3. The van der Waals surface area contributed by atoms with Gasteiger partial charge in [-0.1, -0.05) is 12.1 Å². The van der Waals surface area contributed by atoms with E-state index in [1.54, 1.807) is 18.4 Å². The fourth-order valence-electron chi connectivity index (χ4n) is 2.80. The van der Waals surface area contributed by atoms with E-state index in [0.717, 1.165) is 43.1 Å². The van der Waals surface area contributed by atoms with Gasteiger partial charge in [0.1, 0.15) is 17.8 Å². The second kappa shape index (κ2) is 6.45. The van der Waals surface area contributed by atoms with E-state index in [-0.39, 0.29) is 5.82 Å². The van der Waals surface area contributed by atoms with Gasteiger partial charge in [-0.15, -0.1) is 0 Å². The van der Waals surface area contributed by atoms with Crippen LogP contribution in [0, 0.1) is 5.82 Å². The number of benzene rings is 2. The Morgan fingerprint density at radius 3 is 2.25 bits per heavy atom. The highest BCUT2D eigenvalue weighted by Crippen LogP contribution is 2.26. The molecule has 24 heavy (non-hydrogen) atoms. The van der Waals surface area contributed by atoms with Gasteiger partial charge in [-0.05, 0) is 36.4 Å². The van der Waals surface area contributed by atoms with Crippen molar-refractivity contribution in [3.63, 3.8) is 0 Å². The Morgan fingerprint density at radius 2 is 1.54 bits per heavy atom. The summed E-state index contributed by atoms with van der Waals surface area (Å²) < 4.78 is 23.9. The first-order valence-electron chi connectivity index (χ1n) is 7.94. The zero-order valence-electron chi connectivity index (χ0n) is 13.1. The number of oxazole rings is 1. The zero-order chi connectivity index (χ0) is 16.4. The summed E-state index contributed by atoms with van der Waals surface area (Å²) in [5, 5.41) is 0. The first-order chi connectivity index (χ1) is 11.8. The molecule has 0 radical (unpaired) electrons. The van der Waals surface area contributed by atoms with E-state index in [1.165, 1.54) is 17.8 Å². The first-order valence-corrected chi connectivity index (χ1v) is 7.94. The maximum atomic E-state index is 13.0. The second-order valence-electron chi connectivity index (χ2n) is 5.69. The fraction of sp³-hybridized carbons (Fsp3) is 0.211. The topological polar surface area (TPSA) is 38.5 Å². The minimum Gasteiger partial charge on any atom is -0.444 e. The standard InChI is InChI=1S/C19H17FN2O2/c20-16-5-1-15(2-6-16)19-21-18(13-24-19)14-3-7-17(8-4-14)22-9-11-23-12-10-22/h1-8,13H,9-12H2. The van der Waals surface area contributed by atoms with Crippen LogP contribution in [0.2, 0.25) is 0 Å². The number of morpholine rings is 1. The minimum absolute atomic E-state index is 0.274. The van der Waals surface area contributed by atoms with Crippen LogP contribution in [0.1, 0.15) is 0 Å². The van der Waals surface area contributed by atoms with Crippen LogP contribution in [-0.2, 0) is 4.74 Å². The molecule has 1 aliphatic rings. The molecule has 0 bridgehead atoms. The zero-order valence-corrected chi connectivity index (χ0v) is 13.1. The highest BCUT2D eigenvalue weighted by Gasteiger charge is 2.12. The molecule has 0 atom stereocenters. The van der Waals surface area contributed by atoms with Crippen molar-refractivity contribution < 1.29 is 13.5 Å². The lowest BCUT2D eigenvalue weighted by atomic mass is 10.1. The lowest BCUT2D eigenvalue weighted by Crippen LogP contribution is -2.36. The average molecular weight is 324 g/mol. The SMILES string of the molecule is Fc1ccc(-c2nc(-c3ccc(N4CCOCC4)cc3)co2)cc1. The highest BCUT2D eigenvalue weighted by atomic mass is 19.1. The van der Waals surface area contributed by atoms with Crippen molar-refractivity contribution in [3.05, 3.63) is 60.6 Å². The van der Waals surface area contributed by atoms with Crippen molar-refractivity contribution in [2.24, 2.45) is 0 Å². The Kier molecular flexibility index (Phi) is 4.01. The number of hydrogen-bond acceptors (Lipinski definition) is 4. The molecule has 0 saturated carbocycles. The van der Waals surface area contributed by atoms with Crippen LogP contribution in [0.3, 0.4) is 0 Å². The molecule has 0 spiro atoms. The average Bonchev–Trinajstić information content (AvgIpc) is 3.13. The molecule has 0 unspecified atom stereocenters. The molecule has 0 N–H and O–H groups in total. The first kappa shape index (κ1) is 14.9. The number of halogens is 1. The molecule has 2 aromatic carbocycles. The summed E-state index contributed by atoms with van der Waals surface area (Å²) in [6, 6.07) is 14.4. The van der Waals surface area contributed by atoms with Gasteiger partial charge in [0, 0.05) is 29.9 Å². The normalized spacial score (nSPS) is 14.8. The van der Waals surface area contributed by atoms with E-state index >= 15 is 0 Å². The van der Waals surface area contributed by atoms with Gasteiger partial charge in [-0.25, -0.2) is 9.37 Å². The maximum Gasteiger partial charge on any atom is 0.226 e. The van der Waals surface area contributed by atoms with Gasteiger partial charge >= 0.3 is 0 Å². The largest absolute Gasteiger partial charge is 0.444 e. The third kappa shape index (κ3) is 3.03. The van der Waals surface area contributed by atoms with Crippen molar-refractivity contribution in [3.8, 4) is 22.7 Å². The minimum atomic E-state index is -0.274. The third-order valence-electron chi connectivity index (χ3n) is 4.13. The molecule has 3 aromatic rings. The van der Waals surface area contributed by atoms with Gasteiger partial charge in [-0.2, -0.15) is 0 Å². The molecule has 1 aliphatic heterocycles. The monoisotopic (exact) mass is 324 g/mol. The molecule has 1 aromatic heterocycles. The van der Waals surface area contributed by atoms with Gasteiger partial charge < -0.3 is 14.1 Å². The smallest absolute Gasteiger partial charge is 0.226 e. The Labute approximate surface area is 139 Å². The van der Waals surface area contributed by atoms with Gasteiger partial charge in [0.05, 0.1) is 13.2 Å². The number of anilines is 1. The van der Waals surface area contributed by atoms with E-state index in [1.807, 2.05) is 12.1 Å². The highest BCUT2D eigenvalue weighted by molar-refractivity contribution is 5.65. The van der Waals surface area contributed by atoms with Crippen molar-refractivity contribution >= 4 is 5.69 Å².